The Hall–Kier alpha value is -2.50. The summed E-state index contributed by atoms with van der Waals surface area (Å²) in [5.41, 5.74) is -0.137. The Morgan fingerprint density at radius 1 is 1.33 bits per heavy atom. The van der Waals surface area contributed by atoms with Gasteiger partial charge in [0.1, 0.15) is 5.82 Å². The van der Waals surface area contributed by atoms with Gasteiger partial charge in [0.2, 0.25) is 0 Å². The van der Waals surface area contributed by atoms with Crippen LogP contribution in [0.15, 0.2) is 41.2 Å². The van der Waals surface area contributed by atoms with Crippen LogP contribution in [0, 0.1) is 5.82 Å². The monoisotopic (exact) mass is 248 g/mol. The maximum atomic E-state index is 13.0. The summed E-state index contributed by atoms with van der Waals surface area (Å²) in [5.74, 6) is -1.64. The predicted molar refractivity (Wildman–Crippen MR) is 61.0 cm³/mol. The minimum absolute atomic E-state index is 0.0255. The van der Waals surface area contributed by atoms with Gasteiger partial charge < -0.3 is 5.11 Å². The maximum Gasteiger partial charge on any atom is 0.356 e. The number of hydrogen-bond donors (Lipinski definition) is 1. The molecule has 0 unspecified atom stereocenters. The van der Waals surface area contributed by atoms with Gasteiger partial charge in [-0.05, 0) is 23.8 Å². The second-order valence-electron chi connectivity index (χ2n) is 3.65. The zero-order chi connectivity index (χ0) is 13.1. The van der Waals surface area contributed by atoms with Crippen molar-refractivity contribution in [3.05, 3.63) is 63.8 Å². The lowest BCUT2D eigenvalue weighted by Crippen LogP contribution is -2.24. The quantitative estimate of drug-likeness (QED) is 0.883. The standard InChI is InChI=1S/C12H9FN2O3/c13-9-3-1-2-8(6-9)7-15-11(16)5-4-10(14-15)12(17)18/h1-6H,7H2,(H,17,18). The van der Waals surface area contributed by atoms with E-state index >= 15 is 0 Å². The van der Waals surface area contributed by atoms with E-state index in [4.69, 9.17) is 5.11 Å². The molecule has 6 heteroatoms. The summed E-state index contributed by atoms with van der Waals surface area (Å²) in [6.07, 6.45) is 0. The number of carboxylic acids is 1. The summed E-state index contributed by atoms with van der Waals surface area (Å²) >= 11 is 0. The number of rotatable bonds is 3. The highest BCUT2D eigenvalue weighted by Crippen LogP contribution is 2.04. The largest absolute Gasteiger partial charge is 0.476 e. The van der Waals surface area contributed by atoms with Gasteiger partial charge in [-0.1, -0.05) is 12.1 Å². The molecule has 0 radical (unpaired) electrons. The van der Waals surface area contributed by atoms with Gasteiger partial charge in [-0.15, -0.1) is 0 Å². The van der Waals surface area contributed by atoms with Crippen LogP contribution >= 0.6 is 0 Å². The van der Waals surface area contributed by atoms with Crippen LogP contribution in [0.1, 0.15) is 16.1 Å². The van der Waals surface area contributed by atoms with Crippen LogP contribution in [0.2, 0.25) is 0 Å². The molecule has 1 N–H and O–H groups in total. The topological polar surface area (TPSA) is 72.2 Å². The van der Waals surface area contributed by atoms with E-state index in [1.807, 2.05) is 0 Å². The van der Waals surface area contributed by atoms with E-state index < -0.39 is 17.3 Å². The van der Waals surface area contributed by atoms with E-state index in [0.717, 1.165) is 16.8 Å². The third-order valence-corrected chi connectivity index (χ3v) is 2.31. The Balaban J connectivity index is 2.37. The van der Waals surface area contributed by atoms with Crippen molar-refractivity contribution >= 4 is 5.97 Å². The molecule has 0 aliphatic carbocycles. The van der Waals surface area contributed by atoms with Crippen molar-refractivity contribution < 1.29 is 14.3 Å². The number of nitrogens with zero attached hydrogens (tertiary/aromatic N) is 2. The second kappa shape index (κ2) is 4.79. The Morgan fingerprint density at radius 3 is 2.78 bits per heavy atom. The third-order valence-electron chi connectivity index (χ3n) is 2.31. The summed E-state index contributed by atoms with van der Waals surface area (Å²) < 4.78 is 14.0. The number of carboxylic acid groups (broad SMARTS) is 1. The summed E-state index contributed by atoms with van der Waals surface area (Å²) in [4.78, 5) is 22.2. The Morgan fingerprint density at radius 2 is 2.11 bits per heavy atom. The van der Waals surface area contributed by atoms with Crippen LogP contribution in [0.4, 0.5) is 4.39 Å². The summed E-state index contributed by atoms with van der Waals surface area (Å²) in [6, 6.07) is 7.94. The molecular weight excluding hydrogens is 239 g/mol. The lowest BCUT2D eigenvalue weighted by molar-refractivity contribution is 0.0687. The first-order valence-corrected chi connectivity index (χ1v) is 5.12. The zero-order valence-electron chi connectivity index (χ0n) is 9.21. The van der Waals surface area contributed by atoms with E-state index in [-0.39, 0.29) is 12.2 Å². The lowest BCUT2D eigenvalue weighted by atomic mass is 10.2. The molecule has 0 saturated carbocycles. The first kappa shape index (κ1) is 12.0. The first-order valence-electron chi connectivity index (χ1n) is 5.12. The molecule has 18 heavy (non-hydrogen) atoms. The van der Waals surface area contributed by atoms with Crippen molar-refractivity contribution in [1.82, 2.24) is 9.78 Å². The molecule has 0 bridgehead atoms. The predicted octanol–water partition coefficient (Wildman–Crippen LogP) is 1.13. The van der Waals surface area contributed by atoms with Crippen molar-refractivity contribution in [1.29, 1.82) is 0 Å². The van der Waals surface area contributed by atoms with E-state index in [9.17, 15) is 14.0 Å². The number of halogens is 1. The maximum absolute atomic E-state index is 13.0. The van der Waals surface area contributed by atoms with Crippen LogP contribution in [0.5, 0.6) is 0 Å². The zero-order valence-corrected chi connectivity index (χ0v) is 9.21. The average Bonchev–Trinajstić information content (AvgIpc) is 2.31. The number of hydrogen-bond acceptors (Lipinski definition) is 3. The first-order chi connectivity index (χ1) is 8.56. The molecule has 0 spiro atoms. The Bertz CT molecular complexity index is 652. The number of aromatic carboxylic acids is 1. The molecular formula is C12H9FN2O3. The molecule has 0 aliphatic heterocycles. The molecule has 0 amide bonds. The normalized spacial score (nSPS) is 10.3. The van der Waals surface area contributed by atoms with E-state index in [1.54, 1.807) is 6.07 Å². The van der Waals surface area contributed by atoms with Crippen molar-refractivity contribution in [3.8, 4) is 0 Å². The van der Waals surface area contributed by atoms with Crippen molar-refractivity contribution in [2.75, 3.05) is 0 Å². The molecule has 1 heterocycles. The smallest absolute Gasteiger partial charge is 0.356 e. The van der Waals surface area contributed by atoms with Gasteiger partial charge in [0, 0.05) is 6.07 Å². The van der Waals surface area contributed by atoms with Gasteiger partial charge in [-0.2, -0.15) is 5.10 Å². The van der Waals surface area contributed by atoms with Gasteiger partial charge in [0.15, 0.2) is 5.69 Å². The molecule has 2 aromatic rings. The Labute approximate surface area is 101 Å². The summed E-state index contributed by atoms with van der Waals surface area (Å²) in [7, 11) is 0. The summed E-state index contributed by atoms with van der Waals surface area (Å²) in [5, 5.41) is 12.5. The molecule has 0 aliphatic rings. The highest BCUT2D eigenvalue weighted by molar-refractivity contribution is 5.84. The molecule has 1 aromatic carbocycles. The molecule has 5 nitrogen and oxygen atoms in total. The van der Waals surface area contributed by atoms with Crippen LogP contribution in [0.25, 0.3) is 0 Å². The van der Waals surface area contributed by atoms with Crippen molar-refractivity contribution in [3.63, 3.8) is 0 Å². The number of aromatic nitrogens is 2. The van der Waals surface area contributed by atoms with Crippen LogP contribution in [0.3, 0.4) is 0 Å². The highest BCUT2D eigenvalue weighted by Gasteiger charge is 2.07. The molecule has 0 saturated heterocycles. The average molecular weight is 248 g/mol. The minimum atomic E-state index is -1.22. The van der Waals surface area contributed by atoms with Crippen molar-refractivity contribution in [2.45, 2.75) is 6.54 Å². The SMILES string of the molecule is O=C(O)c1ccc(=O)n(Cc2cccc(F)c2)n1. The number of benzene rings is 1. The third kappa shape index (κ3) is 2.60. The van der Waals surface area contributed by atoms with Crippen LogP contribution in [-0.4, -0.2) is 20.9 Å². The van der Waals surface area contributed by atoms with Gasteiger partial charge >= 0.3 is 5.97 Å². The lowest BCUT2D eigenvalue weighted by Gasteiger charge is -2.05. The van der Waals surface area contributed by atoms with E-state index in [0.29, 0.717) is 5.56 Å². The van der Waals surface area contributed by atoms with Gasteiger partial charge in [-0.3, -0.25) is 4.79 Å². The van der Waals surface area contributed by atoms with E-state index in [2.05, 4.69) is 5.10 Å². The van der Waals surface area contributed by atoms with Crippen LogP contribution < -0.4 is 5.56 Å². The van der Waals surface area contributed by atoms with E-state index in [1.165, 1.54) is 18.2 Å². The number of carbonyl (C=O) groups is 1. The summed E-state index contributed by atoms with van der Waals surface area (Å²) in [6.45, 7) is 0.0255. The highest BCUT2D eigenvalue weighted by atomic mass is 19.1. The fraction of sp³-hybridized carbons (Fsp3) is 0.0833. The minimum Gasteiger partial charge on any atom is -0.476 e. The molecule has 0 fully saturated rings. The van der Waals surface area contributed by atoms with Crippen LogP contribution in [-0.2, 0) is 6.54 Å². The van der Waals surface area contributed by atoms with Gasteiger partial charge in [0.25, 0.3) is 5.56 Å². The fourth-order valence-corrected chi connectivity index (χ4v) is 1.48. The second-order valence-corrected chi connectivity index (χ2v) is 3.65. The molecule has 1 aromatic heterocycles. The van der Waals surface area contributed by atoms with Gasteiger partial charge in [-0.25, -0.2) is 13.9 Å². The Kier molecular flexibility index (Phi) is 3.18. The van der Waals surface area contributed by atoms with Crippen molar-refractivity contribution in [2.24, 2.45) is 0 Å². The van der Waals surface area contributed by atoms with Gasteiger partial charge in [0.05, 0.1) is 6.54 Å². The molecule has 2 rings (SSSR count). The molecule has 92 valence electrons. The molecule has 0 atom stereocenters. The fourth-order valence-electron chi connectivity index (χ4n) is 1.48.